The van der Waals surface area contributed by atoms with Gasteiger partial charge in [0.2, 0.25) is 10.0 Å². The molecule has 42 heavy (non-hydrogen) atoms. The van der Waals surface area contributed by atoms with Crippen LogP contribution in [0.3, 0.4) is 0 Å². The van der Waals surface area contributed by atoms with E-state index in [0.29, 0.717) is 17.9 Å². The van der Waals surface area contributed by atoms with Gasteiger partial charge in [0.1, 0.15) is 0 Å². The van der Waals surface area contributed by atoms with E-state index in [1.54, 1.807) is 27.7 Å². The van der Waals surface area contributed by atoms with E-state index in [1.807, 2.05) is 4.57 Å². The lowest BCUT2D eigenvalue weighted by Crippen LogP contribution is -2.48. The predicted octanol–water partition coefficient (Wildman–Crippen LogP) is 5.07. The second kappa shape index (κ2) is 12.0. The number of carboxylic acids is 1. The van der Waals surface area contributed by atoms with E-state index in [2.05, 4.69) is 4.72 Å². The maximum absolute atomic E-state index is 14.3. The molecule has 2 N–H and O–H groups in total. The van der Waals surface area contributed by atoms with E-state index >= 15 is 0 Å². The SMILES string of the molecule is Cc1c(C(=O)N2CCOC(C(=O)O)C2)cc(-c2ccc(S(=O)(=O)NC(C)(C)C)c(C(F)(F)F)c2)n1CC1CCCCC1. The van der Waals surface area contributed by atoms with E-state index in [4.69, 9.17) is 4.74 Å². The van der Waals surface area contributed by atoms with Gasteiger partial charge in [-0.3, -0.25) is 4.79 Å². The number of alkyl halides is 3. The molecule has 0 spiro atoms. The first-order chi connectivity index (χ1) is 19.5. The zero-order valence-electron chi connectivity index (χ0n) is 24.3. The fourth-order valence-electron chi connectivity index (χ4n) is 5.72. The Kier molecular flexibility index (Phi) is 9.15. The highest BCUT2D eigenvalue weighted by Gasteiger charge is 2.39. The third-order valence-corrected chi connectivity index (χ3v) is 9.52. The number of carbonyl (C=O) groups is 2. The van der Waals surface area contributed by atoms with Gasteiger partial charge in [0.25, 0.3) is 5.91 Å². The predicted molar refractivity (Wildman–Crippen MR) is 150 cm³/mol. The minimum Gasteiger partial charge on any atom is -0.479 e. The summed E-state index contributed by atoms with van der Waals surface area (Å²) >= 11 is 0. The summed E-state index contributed by atoms with van der Waals surface area (Å²) in [5.74, 6) is -1.35. The molecule has 4 rings (SSSR count). The highest BCUT2D eigenvalue weighted by atomic mass is 32.2. The quantitative estimate of drug-likeness (QED) is 0.451. The second-order valence-corrected chi connectivity index (χ2v) is 13.8. The topological polar surface area (TPSA) is 118 Å². The number of carbonyl (C=O) groups excluding carboxylic acids is 1. The zero-order valence-corrected chi connectivity index (χ0v) is 25.1. The summed E-state index contributed by atoms with van der Waals surface area (Å²) < 4.78 is 78.3. The highest BCUT2D eigenvalue weighted by Crippen LogP contribution is 2.39. The van der Waals surface area contributed by atoms with Crippen LogP contribution in [0, 0.1) is 12.8 Å². The molecule has 1 aliphatic carbocycles. The number of nitrogens with zero attached hydrogens (tertiary/aromatic N) is 2. The van der Waals surface area contributed by atoms with Crippen molar-refractivity contribution < 1.29 is 41.0 Å². The van der Waals surface area contributed by atoms with Gasteiger partial charge in [0.15, 0.2) is 6.10 Å². The number of nitrogens with one attached hydrogen (secondary N) is 1. The van der Waals surface area contributed by atoms with Gasteiger partial charge in [-0.1, -0.05) is 25.3 Å². The van der Waals surface area contributed by atoms with E-state index in [0.717, 1.165) is 44.2 Å². The summed E-state index contributed by atoms with van der Waals surface area (Å²) in [7, 11) is -4.50. The fraction of sp³-hybridized carbons (Fsp3) is 0.586. The van der Waals surface area contributed by atoms with Crippen LogP contribution < -0.4 is 4.72 Å². The van der Waals surface area contributed by atoms with Gasteiger partial charge < -0.3 is 19.3 Å². The smallest absolute Gasteiger partial charge is 0.417 e. The minimum absolute atomic E-state index is 0.0465. The summed E-state index contributed by atoms with van der Waals surface area (Å²) in [6, 6.07) is 4.65. The summed E-state index contributed by atoms with van der Waals surface area (Å²) in [6.07, 6.45) is -1.03. The van der Waals surface area contributed by atoms with E-state index in [9.17, 15) is 36.3 Å². The highest BCUT2D eigenvalue weighted by molar-refractivity contribution is 7.89. The third kappa shape index (κ3) is 7.17. The molecular weight excluding hydrogens is 575 g/mol. The Labute approximate surface area is 244 Å². The normalized spacial score (nSPS) is 19.2. The first kappa shape index (κ1) is 32.0. The number of morpholine rings is 1. The lowest BCUT2D eigenvalue weighted by atomic mass is 9.89. The van der Waals surface area contributed by atoms with Crippen LogP contribution in [0.25, 0.3) is 11.3 Å². The number of benzene rings is 1. The maximum Gasteiger partial charge on any atom is 0.417 e. The molecule has 0 radical (unpaired) electrons. The van der Waals surface area contributed by atoms with Crippen LogP contribution in [0.2, 0.25) is 0 Å². The van der Waals surface area contributed by atoms with Crippen LogP contribution in [0.15, 0.2) is 29.2 Å². The largest absolute Gasteiger partial charge is 0.479 e. The lowest BCUT2D eigenvalue weighted by Gasteiger charge is -2.31. The van der Waals surface area contributed by atoms with Crippen molar-refractivity contribution in [1.29, 1.82) is 0 Å². The molecule has 1 atom stereocenters. The molecule has 1 aliphatic heterocycles. The van der Waals surface area contributed by atoms with Crippen molar-refractivity contribution in [3.63, 3.8) is 0 Å². The van der Waals surface area contributed by atoms with Gasteiger partial charge in [-0.15, -0.1) is 0 Å². The molecule has 9 nitrogen and oxygen atoms in total. The molecule has 2 fully saturated rings. The molecule has 1 saturated heterocycles. The van der Waals surface area contributed by atoms with Crippen molar-refractivity contribution in [2.45, 2.75) is 89.1 Å². The molecular formula is C29H38F3N3O6S. The van der Waals surface area contributed by atoms with Crippen molar-refractivity contribution >= 4 is 21.9 Å². The van der Waals surface area contributed by atoms with Crippen molar-refractivity contribution in [3.05, 3.63) is 41.1 Å². The average molecular weight is 614 g/mol. The summed E-state index contributed by atoms with van der Waals surface area (Å²) in [5, 5.41) is 9.37. The number of ether oxygens (including phenoxy) is 1. The number of amides is 1. The van der Waals surface area contributed by atoms with E-state index in [1.165, 1.54) is 17.0 Å². The number of rotatable bonds is 7. The van der Waals surface area contributed by atoms with E-state index in [-0.39, 0.29) is 36.7 Å². The number of hydrogen-bond acceptors (Lipinski definition) is 5. The molecule has 1 aromatic heterocycles. The van der Waals surface area contributed by atoms with E-state index < -0.39 is 50.2 Å². The van der Waals surface area contributed by atoms with Crippen molar-refractivity contribution in [3.8, 4) is 11.3 Å². The first-order valence-electron chi connectivity index (χ1n) is 14.1. The number of halogens is 3. The van der Waals surface area contributed by atoms with Crippen LogP contribution in [0.1, 0.15) is 74.5 Å². The number of sulfonamides is 1. The lowest BCUT2D eigenvalue weighted by molar-refractivity contribution is -0.154. The van der Waals surface area contributed by atoms with Crippen LogP contribution in [-0.2, 0) is 32.3 Å². The molecule has 13 heteroatoms. The molecule has 2 heterocycles. The van der Waals surface area contributed by atoms with Gasteiger partial charge in [-0.25, -0.2) is 17.9 Å². The fourth-order valence-corrected chi connectivity index (χ4v) is 7.35. The Bertz CT molecular complexity index is 1440. The Morgan fingerprint density at radius 1 is 1.10 bits per heavy atom. The molecule has 2 aliphatic rings. The van der Waals surface area contributed by atoms with Gasteiger partial charge in [0, 0.05) is 30.0 Å². The molecule has 232 valence electrons. The Morgan fingerprint density at radius 3 is 2.36 bits per heavy atom. The maximum atomic E-state index is 14.3. The molecule has 1 saturated carbocycles. The zero-order chi connectivity index (χ0) is 31.0. The Balaban J connectivity index is 1.82. The molecule has 2 aromatic rings. The van der Waals surface area contributed by atoms with Crippen LogP contribution in [-0.4, -0.2) is 66.2 Å². The van der Waals surface area contributed by atoms with Crippen molar-refractivity contribution in [1.82, 2.24) is 14.2 Å². The molecule has 1 amide bonds. The molecule has 1 aromatic carbocycles. The standard InChI is InChI=1S/C29H38F3N3O6S/c1-18-21(26(36)34-12-13-41-24(17-34)27(37)38)15-23(35(18)16-19-8-6-5-7-9-19)20-10-11-25(22(14-20)29(30,31)32)42(39,40)33-28(2,3)4/h10-11,14-15,19,24,33H,5-9,12-13,16-17H2,1-4H3,(H,37,38). The summed E-state index contributed by atoms with van der Waals surface area (Å²) in [5.41, 5.74) is -1.00. The van der Waals surface area contributed by atoms with Gasteiger partial charge >= 0.3 is 12.1 Å². The van der Waals surface area contributed by atoms with Gasteiger partial charge in [-0.05, 0) is 70.2 Å². The van der Waals surface area contributed by atoms with Crippen molar-refractivity contribution in [2.75, 3.05) is 19.7 Å². The number of aromatic nitrogens is 1. The van der Waals surface area contributed by atoms with Crippen LogP contribution in [0.4, 0.5) is 13.2 Å². The number of aliphatic carboxylic acids is 1. The monoisotopic (exact) mass is 613 g/mol. The second-order valence-electron chi connectivity index (χ2n) is 12.2. The van der Waals surface area contributed by atoms with Gasteiger partial charge in [0.05, 0.1) is 29.2 Å². The number of hydrogen-bond donors (Lipinski definition) is 2. The summed E-state index contributed by atoms with van der Waals surface area (Å²) in [4.78, 5) is 25.6. The average Bonchev–Trinajstić information content (AvgIpc) is 3.22. The van der Waals surface area contributed by atoms with Gasteiger partial charge in [-0.2, -0.15) is 13.2 Å². The Morgan fingerprint density at radius 2 is 1.76 bits per heavy atom. The number of carboxylic acid groups (broad SMARTS) is 1. The third-order valence-electron chi connectivity index (χ3n) is 7.70. The first-order valence-corrected chi connectivity index (χ1v) is 15.6. The summed E-state index contributed by atoms with van der Waals surface area (Å²) in [6.45, 7) is 6.91. The minimum atomic E-state index is -4.97. The molecule has 0 bridgehead atoms. The molecule has 1 unspecified atom stereocenters. The Hall–Kier alpha value is -2.90. The van der Waals surface area contributed by atoms with Crippen molar-refractivity contribution in [2.24, 2.45) is 5.92 Å². The van der Waals surface area contributed by atoms with Crippen LogP contribution in [0.5, 0.6) is 0 Å². The van der Waals surface area contributed by atoms with Crippen LogP contribution >= 0.6 is 0 Å².